The summed E-state index contributed by atoms with van der Waals surface area (Å²) in [6.07, 6.45) is 7.42. The Morgan fingerprint density at radius 2 is 2.08 bits per heavy atom. The largest absolute Gasteiger partial charge is 0.477 e. The van der Waals surface area contributed by atoms with E-state index in [9.17, 15) is 19.5 Å². The van der Waals surface area contributed by atoms with E-state index in [-0.39, 0.29) is 47.2 Å². The monoisotopic (exact) mass is 693 g/mol. The van der Waals surface area contributed by atoms with Gasteiger partial charge in [0.2, 0.25) is 0 Å². The first-order chi connectivity index (χ1) is 23.1. The van der Waals surface area contributed by atoms with Gasteiger partial charge in [-0.1, -0.05) is 17.3 Å². The molecule has 6 N–H and O–H groups in total. The molecule has 3 aliphatic rings. The van der Waals surface area contributed by atoms with Crippen LogP contribution in [0.4, 0.5) is 9.52 Å². The molecule has 4 aromatic rings. The minimum absolute atomic E-state index is 0.124. The molecule has 7 rings (SSSR count). The summed E-state index contributed by atoms with van der Waals surface area (Å²) in [4.78, 5) is 53.3. The van der Waals surface area contributed by atoms with Gasteiger partial charge in [-0.25, -0.2) is 23.4 Å². The van der Waals surface area contributed by atoms with E-state index < -0.39 is 29.2 Å². The van der Waals surface area contributed by atoms with Crippen molar-refractivity contribution < 1.29 is 33.3 Å². The number of carboxylic acids is 1. The first-order valence-electron chi connectivity index (χ1n) is 14.8. The molecule has 2 aliphatic heterocycles. The first-order valence-corrected chi connectivity index (χ1v) is 16.8. The van der Waals surface area contributed by atoms with Crippen LogP contribution in [0.3, 0.4) is 0 Å². The van der Waals surface area contributed by atoms with Crippen LogP contribution in [0.5, 0.6) is 0 Å². The van der Waals surface area contributed by atoms with Crippen LogP contribution in [0.15, 0.2) is 69.7 Å². The number of nitrogens with two attached hydrogens (primary N) is 2. The van der Waals surface area contributed by atoms with Gasteiger partial charge in [-0.2, -0.15) is 0 Å². The van der Waals surface area contributed by atoms with Crippen LogP contribution in [-0.4, -0.2) is 83.8 Å². The van der Waals surface area contributed by atoms with Gasteiger partial charge < -0.3 is 26.7 Å². The van der Waals surface area contributed by atoms with Crippen LogP contribution in [-0.2, 0) is 32.3 Å². The fraction of sp³-hybridized carbons (Fsp3) is 0.300. The number of nitrogens with zero attached hydrogens (tertiary/aromatic N) is 7. The Morgan fingerprint density at radius 3 is 2.77 bits per heavy atom. The highest BCUT2D eigenvalue weighted by atomic mass is 32.2. The lowest BCUT2D eigenvalue weighted by Gasteiger charge is -2.49. The molecule has 1 saturated heterocycles. The van der Waals surface area contributed by atoms with Crippen molar-refractivity contribution in [2.75, 3.05) is 18.6 Å². The predicted octanol–water partition coefficient (Wildman–Crippen LogP) is 0.911. The van der Waals surface area contributed by atoms with E-state index in [1.807, 2.05) is 26.0 Å². The predicted molar refractivity (Wildman–Crippen MR) is 175 cm³/mol. The van der Waals surface area contributed by atoms with Crippen molar-refractivity contribution in [3.63, 3.8) is 0 Å². The number of carbonyl (C=O) groups is 3. The van der Waals surface area contributed by atoms with Crippen molar-refractivity contribution in [2.24, 2.45) is 15.9 Å². The summed E-state index contributed by atoms with van der Waals surface area (Å²) in [5.74, 6) is -2.26. The van der Waals surface area contributed by atoms with Crippen molar-refractivity contribution in [1.82, 2.24) is 24.4 Å². The van der Waals surface area contributed by atoms with Crippen molar-refractivity contribution in [1.29, 1.82) is 0 Å². The summed E-state index contributed by atoms with van der Waals surface area (Å²) >= 11 is 2.46. The molecule has 248 valence electrons. The molecule has 0 radical (unpaired) electrons. The summed E-state index contributed by atoms with van der Waals surface area (Å²) in [5, 5.41) is 17.7. The molecule has 1 aliphatic carbocycles. The molecule has 2 fully saturated rings. The lowest BCUT2D eigenvalue weighted by atomic mass is 10.0. The molecule has 1 aromatic carbocycles. The summed E-state index contributed by atoms with van der Waals surface area (Å²) < 4.78 is 20.6. The number of aromatic nitrogens is 4. The fourth-order valence-corrected chi connectivity index (χ4v) is 7.58. The third-order valence-electron chi connectivity index (χ3n) is 8.20. The SMILES string of the molecule is CO/N=C(\C(=O)N[C@@H]1C(=O)N2C(C(=O)O)=C(Cn3ccc4n3cc[n+]4Cc3ccc(C(N)=NC4CC4)cc3F)CS[C@H]12)c1csc(N)n1. The van der Waals surface area contributed by atoms with Crippen molar-refractivity contribution in [3.05, 3.63) is 82.1 Å². The standard InChI is InChI=1S/C30H29FN10O5S2/c1-46-37-22(20-14-48-30(33)35-20)26(42)36-23-27(43)41-24(29(44)45)17(13-47-28(23)41)12-39-7-6-21-38(8-9-40(21)39)11-16-3-2-15(10-19(16)31)25(32)34-18-4-5-18/h2-3,6-10,14,18,23,28H,4-5,11-13H2,1H3,(H5-,32,33,34,35,36,42,44,45)/p+1/b37-22-/t23-,28-/m1/s1. The van der Waals surface area contributed by atoms with Crippen LogP contribution >= 0.6 is 23.1 Å². The van der Waals surface area contributed by atoms with E-state index in [1.165, 1.54) is 35.2 Å². The number of aliphatic imine (C=N–C) groups is 1. The second kappa shape index (κ2) is 12.4. The topological polar surface area (TPSA) is 199 Å². The van der Waals surface area contributed by atoms with Gasteiger partial charge in [-0.05, 0) is 24.5 Å². The second-order valence-corrected chi connectivity index (χ2v) is 13.4. The molecule has 0 unspecified atom stereocenters. The molecule has 3 aromatic heterocycles. The number of halogens is 1. The van der Waals surface area contributed by atoms with Gasteiger partial charge >= 0.3 is 11.6 Å². The van der Waals surface area contributed by atoms with E-state index in [1.54, 1.807) is 24.5 Å². The summed E-state index contributed by atoms with van der Waals surface area (Å²) in [6, 6.07) is 5.98. The molecule has 2 amide bonds. The van der Waals surface area contributed by atoms with Gasteiger partial charge in [0.05, 0.1) is 24.8 Å². The van der Waals surface area contributed by atoms with Crippen molar-refractivity contribution in [2.45, 2.75) is 43.4 Å². The summed E-state index contributed by atoms with van der Waals surface area (Å²) in [6.45, 7) is 0.438. The van der Waals surface area contributed by atoms with E-state index in [2.05, 4.69) is 20.4 Å². The highest BCUT2D eigenvalue weighted by Gasteiger charge is 2.54. The van der Waals surface area contributed by atoms with Gasteiger partial charge in [0.25, 0.3) is 11.8 Å². The number of thioether (sulfide) groups is 1. The van der Waals surface area contributed by atoms with E-state index >= 15 is 4.39 Å². The maximum atomic E-state index is 15.1. The number of thiazole rings is 1. The number of fused-ring (bicyclic) bond motifs is 2. The van der Waals surface area contributed by atoms with Crippen LogP contribution < -0.4 is 21.4 Å². The zero-order valence-corrected chi connectivity index (χ0v) is 27.1. The van der Waals surface area contributed by atoms with Crippen molar-refractivity contribution in [3.8, 4) is 0 Å². The minimum Gasteiger partial charge on any atom is -0.477 e. The molecular weight excluding hydrogens is 664 g/mol. The number of rotatable bonds is 11. The second-order valence-electron chi connectivity index (χ2n) is 11.4. The Morgan fingerprint density at radius 1 is 1.27 bits per heavy atom. The highest BCUT2D eigenvalue weighted by molar-refractivity contribution is 8.00. The number of carbonyl (C=O) groups excluding carboxylic acids is 2. The van der Waals surface area contributed by atoms with Crippen molar-refractivity contribution >= 4 is 63.2 Å². The number of oxime groups is 1. The average molecular weight is 694 g/mol. The zero-order valence-electron chi connectivity index (χ0n) is 25.4. The average Bonchev–Trinajstić information content (AvgIpc) is 3.42. The van der Waals surface area contributed by atoms with Gasteiger partial charge in [0.1, 0.15) is 54.3 Å². The Labute approximate surface area is 280 Å². The molecule has 18 heteroatoms. The lowest BCUT2D eigenvalue weighted by Crippen LogP contribution is -2.71. The number of imidazole rings is 1. The Balaban J connectivity index is 1.07. The number of hydrogen-bond donors (Lipinski definition) is 4. The number of carboxylic acid groups (broad SMARTS) is 1. The highest BCUT2D eigenvalue weighted by Crippen LogP contribution is 2.41. The number of nitrogen functional groups attached to an aromatic ring is 1. The van der Waals surface area contributed by atoms with E-state index in [0.29, 0.717) is 28.3 Å². The van der Waals surface area contributed by atoms with E-state index in [0.717, 1.165) is 29.8 Å². The quantitative estimate of drug-likeness (QED) is 0.0580. The van der Waals surface area contributed by atoms with Gasteiger partial charge in [-0.3, -0.25) is 19.5 Å². The fourth-order valence-electron chi connectivity index (χ4n) is 5.70. The normalized spacial score (nSPS) is 19.8. The number of benzene rings is 1. The number of amidine groups is 1. The molecule has 48 heavy (non-hydrogen) atoms. The minimum atomic E-state index is -1.25. The van der Waals surface area contributed by atoms with Crippen LogP contribution in [0, 0.1) is 5.82 Å². The molecule has 0 bridgehead atoms. The lowest BCUT2D eigenvalue weighted by molar-refractivity contribution is -0.662. The molecule has 1 saturated carbocycles. The number of amides is 2. The third-order valence-corrected chi connectivity index (χ3v) is 10.2. The van der Waals surface area contributed by atoms with Crippen LogP contribution in [0.1, 0.15) is 29.7 Å². The number of aliphatic carboxylic acids is 1. The maximum absolute atomic E-state index is 15.1. The molecule has 5 heterocycles. The number of hydrogen-bond acceptors (Lipinski definition) is 10. The van der Waals surface area contributed by atoms with Crippen LogP contribution in [0.2, 0.25) is 0 Å². The molecule has 2 atom stereocenters. The first kappa shape index (κ1) is 31.4. The zero-order chi connectivity index (χ0) is 33.7. The number of β-lactam (4-membered cyclic amide) rings is 1. The van der Waals surface area contributed by atoms with Gasteiger partial charge in [-0.15, -0.1) is 27.6 Å². The summed E-state index contributed by atoms with van der Waals surface area (Å²) in [5.41, 5.74) is 13.9. The molecular formula is C30H30FN10O5S2+. The van der Waals surface area contributed by atoms with Gasteiger partial charge in [0.15, 0.2) is 17.0 Å². The van der Waals surface area contributed by atoms with Crippen LogP contribution in [0.25, 0.3) is 5.65 Å². The summed E-state index contributed by atoms with van der Waals surface area (Å²) in [7, 11) is 1.27. The number of nitrogens with one attached hydrogen (secondary N) is 1. The smallest absolute Gasteiger partial charge is 0.352 e. The maximum Gasteiger partial charge on any atom is 0.352 e. The molecule has 0 spiro atoms. The van der Waals surface area contributed by atoms with E-state index in [4.69, 9.17) is 16.3 Å². The Bertz CT molecular complexity index is 2060. The van der Waals surface area contributed by atoms with Gasteiger partial charge in [0, 0.05) is 22.3 Å². The Kier molecular flexibility index (Phi) is 8.12. The third kappa shape index (κ3) is 5.76. The number of anilines is 1. The Hall–Kier alpha value is -5.23. The molecule has 15 nitrogen and oxygen atoms in total.